The second-order valence-electron chi connectivity index (χ2n) is 7.67. The number of hydrogen-bond acceptors (Lipinski definition) is 3. The van der Waals surface area contributed by atoms with E-state index in [1.165, 1.54) is 25.7 Å². The summed E-state index contributed by atoms with van der Waals surface area (Å²) in [6, 6.07) is 0. The highest BCUT2D eigenvalue weighted by Crippen LogP contribution is 2.32. The molecular weight excluding hydrogens is 304 g/mol. The Kier molecular flexibility index (Phi) is 6.52. The smallest absolute Gasteiger partial charge is 0.225 e. The molecule has 5 heteroatoms. The minimum absolute atomic E-state index is 0.0423. The number of ether oxygens (including phenoxy) is 1. The largest absolute Gasteiger partial charge is 0.376 e. The molecule has 0 spiro atoms. The van der Waals surface area contributed by atoms with Crippen LogP contribution in [0.1, 0.15) is 64.2 Å². The minimum Gasteiger partial charge on any atom is -0.376 e. The van der Waals surface area contributed by atoms with Crippen LogP contribution in [0.25, 0.3) is 0 Å². The van der Waals surface area contributed by atoms with E-state index in [0.29, 0.717) is 25.8 Å². The van der Waals surface area contributed by atoms with Gasteiger partial charge in [-0.15, -0.1) is 0 Å². The first-order valence-electron chi connectivity index (χ1n) is 9.92. The van der Waals surface area contributed by atoms with Crippen molar-refractivity contribution >= 4 is 11.8 Å². The molecule has 0 aromatic rings. The maximum atomic E-state index is 12.4. The summed E-state index contributed by atoms with van der Waals surface area (Å²) >= 11 is 0. The van der Waals surface area contributed by atoms with E-state index in [1.807, 2.05) is 4.90 Å². The van der Waals surface area contributed by atoms with E-state index in [-0.39, 0.29) is 23.7 Å². The van der Waals surface area contributed by atoms with Gasteiger partial charge in [0.2, 0.25) is 11.8 Å². The van der Waals surface area contributed by atoms with Crippen molar-refractivity contribution < 1.29 is 14.3 Å². The fraction of sp³-hybridized carbons (Fsp3) is 0.895. The van der Waals surface area contributed by atoms with Gasteiger partial charge in [0.25, 0.3) is 0 Å². The lowest BCUT2D eigenvalue weighted by atomic mass is 9.96. The number of hydrogen-bond donors (Lipinski definition) is 1. The van der Waals surface area contributed by atoms with E-state index >= 15 is 0 Å². The Morgan fingerprint density at radius 3 is 2.38 bits per heavy atom. The van der Waals surface area contributed by atoms with Crippen molar-refractivity contribution in [2.45, 2.75) is 70.3 Å². The highest BCUT2D eigenvalue weighted by Gasteiger charge is 2.36. The van der Waals surface area contributed by atoms with Gasteiger partial charge in [0.05, 0.1) is 18.6 Å². The molecule has 1 N–H and O–H groups in total. The Balaban J connectivity index is 1.33. The van der Waals surface area contributed by atoms with Crippen LogP contribution in [-0.4, -0.2) is 49.1 Å². The van der Waals surface area contributed by atoms with Crippen molar-refractivity contribution in [2.24, 2.45) is 11.8 Å². The summed E-state index contributed by atoms with van der Waals surface area (Å²) in [6.07, 6.45) is 11.8. The first kappa shape index (κ1) is 17.7. The molecule has 2 amide bonds. The van der Waals surface area contributed by atoms with Gasteiger partial charge in [-0.1, -0.05) is 25.7 Å². The number of nitrogens with zero attached hydrogens (tertiary/aromatic N) is 1. The average Bonchev–Trinajstić information content (AvgIpc) is 3.45. The maximum absolute atomic E-state index is 12.4. The maximum Gasteiger partial charge on any atom is 0.225 e. The molecule has 1 atom stereocenters. The zero-order chi connectivity index (χ0) is 16.8. The normalized spacial score (nSPS) is 26.0. The Bertz CT molecular complexity index is 428. The van der Waals surface area contributed by atoms with Crippen LogP contribution in [0.4, 0.5) is 0 Å². The third-order valence-electron chi connectivity index (χ3n) is 5.59. The first-order valence-corrected chi connectivity index (χ1v) is 9.92. The molecule has 1 aliphatic heterocycles. The number of likely N-dealkylation sites (tertiary alicyclic amines) is 1. The summed E-state index contributed by atoms with van der Waals surface area (Å²) in [5, 5.41) is 3.01. The van der Waals surface area contributed by atoms with Crippen LogP contribution < -0.4 is 5.32 Å². The van der Waals surface area contributed by atoms with E-state index in [4.69, 9.17) is 4.74 Å². The Hall–Kier alpha value is -1.10. The molecule has 1 saturated heterocycles. The molecule has 5 nitrogen and oxygen atoms in total. The van der Waals surface area contributed by atoms with Gasteiger partial charge in [-0.25, -0.2) is 0 Å². The third-order valence-corrected chi connectivity index (χ3v) is 5.59. The van der Waals surface area contributed by atoms with Gasteiger partial charge in [0.1, 0.15) is 0 Å². The first-order chi connectivity index (χ1) is 11.7. The van der Waals surface area contributed by atoms with Crippen molar-refractivity contribution in [1.82, 2.24) is 10.2 Å². The molecule has 0 bridgehead atoms. The van der Waals surface area contributed by atoms with Gasteiger partial charge >= 0.3 is 0 Å². The minimum atomic E-state index is -0.0423. The van der Waals surface area contributed by atoms with E-state index < -0.39 is 0 Å². The van der Waals surface area contributed by atoms with Crippen molar-refractivity contribution in [3.63, 3.8) is 0 Å². The van der Waals surface area contributed by atoms with Crippen LogP contribution in [0.15, 0.2) is 0 Å². The second-order valence-corrected chi connectivity index (χ2v) is 7.67. The molecule has 24 heavy (non-hydrogen) atoms. The Labute approximate surface area is 145 Å². The lowest BCUT2D eigenvalue weighted by Crippen LogP contribution is -2.46. The molecule has 0 radical (unpaired) electrons. The van der Waals surface area contributed by atoms with Gasteiger partial charge in [-0.3, -0.25) is 9.59 Å². The predicted octanol–water partition coefficient (Wildman–Crippen LogP) is 2.49. The number of amides is 2. The van der Waals surface area contributed by atoms with Gasteiger partial charge in [-0.2, -0.15) is 0 Å². The summed E-state index contributed by atoms with van der Waals surface area (Å²) in [7, 11) is 0. The van der Waals surface area contributed by atoms with E-state index in [0.717, 1.165) is 45.1 Å². The molecule has 3 fully saturated rings. The lowest BCUT2D eigenvalue weighted by Gasteiger charge is -2.32. The number of piperidine rings is 1. The third kappa shape index (κ3) is 5.20. The molecule has 0 unspecified atom stereocenters. The second kappa shape index (κ2) is 8.84. The van der Waals surface area contributed by atoms with Gasteiger partial charge in [-0.05, 0) is 38.5 Å². The van der Waals surface area contributed by atoms with E-state index in [9.17, 15) is 9.59 Å². The highest BCUT2D eigenvalue weighted by molar-refractivity contribution is 5.83. The zero-order valence-corrected chi connectivity index (χ0v) is 14.8. The van der Waals surface area contributed by atoms with Crippen LogP contribution in [0.2, 0.25) is 0 Å². The number of rotatable bonds is 6. The van der Waals surface area contributed by atoms with Crippen LogP contribution in [-0.2, 0) is 14.3 Å². The standard InChI is InChI=1S/C19H32N2O3/c22-18(20-11-13-24-17-7-3-1-2-4-8-17)16-6-5-12-21(14-16)19(23)15-9-10-15/h15-17H,1-14H2,(H,20,22)/t16-/m1/s1. The van der Waals surface area contributed by atoms with Crippen molar-refractivity contribution in [1.29, 1.82) is 0 Å². The van der Waals surface area contributed by atoms with Crippen LogP contribution in [0.3, 0.4) is 0 Å². The van der Waals surface area contributed by atoms with Crippen LogP contribution >= 0.6 is 0 Å². The van der Waals surface area contributed by atoms with Crippen LogP contribution in [0, 0.1) is 11.8 Å². The zero-order valence-electron chi connectivity index (χ0n) is 14.8. The molecule has 0 aromatic carbocycles. The molecule has 0 aromatic heterocycles. The van der Waals surface area contributed by atoms with Crippen LogP contribution in [0.5, 0.6) is 0 Å². The Morgan fingerprint density at radius 1 is 0.917 bits per heavy atom. The molecule has 136 valence electrons. The number of nitrogens with one attached hydrogen (secondary N) is 1. The molecule has 3 rings (SSSR count). The topological polar surface area (TPSA) is 58.6 Å². The Morgan fingerprint density at radius 2 is 1.67 bits per heavy atom. The molecule has 1 heterocycles. The monoisotopic (exact) mass is 336 g/mol. The van der Waals surface area contributed by atoms with Gasteiger partial charge in [0.15, 0.2) is 0 Å². The highest BCUT2D eigenvalue weighted by atomic mass is 16.5. The fourth-order valence-corrected chi connectivity index (χ4v) is 3.93. The summed E-state index contributed by atoms with van der Waals surface area (Å²) in [5.41, 5.74) is 0. The average molecular weight is 336 g/mol. The molecular formula is C19H32N2O3. The molecule has 3 aliphatic rings. The number of carbonyl (C=O) groups excluding carboxylic acids is 2. The summed E-state index contributed by atoms with van der Waals surface area (Å²) in [5.74, 6) is 0.566. The predicted molar refractivity (Wildman–Crippen MR) is 92.5 cm³/mol. The molecule has 2 aliphatic carbocycles. The van der Waals surface area contributed by atoms with E-state index in [1.54, 1.807) is 0 Å². The fourth-order valence-electron chi connectivity index (χ4n) is 3.93. The lowest BCUT2D eigenvalue weighted by molar-refractivity contribution is -0.136. The molecule has 2 saturated carbocycles. The quantitative estimate of drug-likeness (QED) is 0.599. The SMILES string of the molecule is O=C(NCCOC1CCCCCC1)[C@@H]1CCCN(C(=O)C2CC2)C1. The van der Waals surface area contributed by atoms with Gasteiger partial charge < -0.3 is 15.0 Å². The van der Waals surface area contributed by atoms with Gasteiger partial charge in [0, 0.05) is 25.6 Å². The number of carbonyl (C=O) groups is 2. The van der Waals surface area contributed by atoms with Crippen molar-refractivity contribution in [2.75, 3.05) is 26.2 Å². The van der Waals surface area contributed by atoms with Crippen molar-refractivity contribution in [3.8, 4) is 0 Å². The van der Waals surface area contributed by atoms with Crippen molar-refractivity contribution in [3.05, 3.63) is 0 Å². The summed E-state index contributed by atoms with van der Waals surface area (Å²) < 4.78 is 5.92. The summed E-state index contributed by atoms with van der Waals surface area (Å²) in [6.45, 7) is 2.62. The summed E-state index contributed by atoms with van der Waals surface area (Å²) in [4.78, 5) is 26.4. The van der Waals surface area contributed by atoms with E-state index in [2.05, 4.69) is 5.32 Å².